The molecule has 5 N–H and O–H groups in total. The highest BCUT2D eigenvalue weighted by Crippen LogP contribution is 2.40. The molecule has 4 aromatic rings. The summed E-state index contributed by atoms with van der Waals surface area (Å²) in [4.78, 5) is 91.1. The van der Waals surface area contributed by atoms with Gasteiger partial charge in [0.2, 0.25) is 11.8 Å². The van der Waals surface area contributed by atoms with Crippen LogP contribution in [-0.4, -0.2) is 65.4 Å². The topological polar surface area (TPSA) is 183 Å². The van der Waals surface area contributed by atoms with Crippen molar-refractivity contribution in [3.8, 4) is 0 Å². The smallest absolute Gasteiger partial charge is 0.352 e. The Morgan fingerprint density at radius 2 is 1.40 bits per heavy atom. The maximum atomic E-state index is 14.3. The summed E-state index contributed by atoms with van der Waals surface area (Å²) < 4.78 is 54.7. The van der Waals surface area contributed by atoms with Crippen molar-refractivity contribution < 1.29 is 51.1 Å². The molecule has 18 heteroatoms. The summed E-state index contributed by atoms with van der Waals surface area (Å²) in [6.07, 6.45) is 2.73. The van der Waals surface area contributed by atoms with Gasteiger partial charge in [-0.2, -0.15) is 13.2 Å². The van der Waals surface area contributed by atoms with Gasteiger partial charge in [0.1, 0.15) is 11.9 Å². The van der Waals surface area contributed by atoms with Crippen LogP contribution in [-0.2, 0) is 22.3 Å². The van der Waals surface area contributed by atoms with Gasteiger partial charge in [0.25, 0.3) is 29.5 Å². The molecule has 65 heavy (non-hydrogen) atoms. The Kier molecular flexibility index (Phi) is 14.3. The molecule has 7 amide bonds. The molecule has 1 fully saturated rings. The van der Waals surface area contributed by atoms with Crippen molar-refractivity contribution in [1.29, 1.82) is 0 Å². The summed E-state index contributed by atoms with van der Waals surface area (Å²) in [7, 11) is 0. The van der Waals surface area contributed by atoms with Gasteiger partial charge in [0.15, 0.2) is 0 Å². The van der Waals surface area contributed by atoms with Crippen molar-refractivity contribution >= 4 is 58.6 Å². The van der Waals surface area contributed by atoms with E-state index in [0.29, 0.717) is 42.3 Å². The molecule has 0 bridgehead atoms. The van der Waals surface area contributed by atoms with E-state index in [4.69, 9.17) is 11.6 Å². The maximum absolute atomic E-state index is 14.3. The van der Waals surface area contributed by atoms with Crippen molar-refractivity contribution in [2.45, 2.75) is 89.0 Å². The molecule has 0 radical (unpaired) electrons. The van der Waals surface area contributed by atoms with E-state index < -0.39 is 53.3 Å². The third-order valence-electron chi connectivity index (χ3n) is 11.7. The highest BCUT2D eigenvalue weighted by molar-refractivity contribution is 6.31. The molecule has 1 saturated heterocycles. The number of hydrogen-bond acceptors (Lipinski definition) is 7. The molecule has 340 valence electrons. The second-order valence-electron chi connectivity index (χ2n) is 16.2. The first-order valence-corrected chi connectivity index (χ1v) is 21.7. The standard InChI is InChI=1S/C47H45ClF4N6O7/c48-35-15-13-31(49)24-33(35)40-39-34(44(63)57-40)22-28(23-36(39)55-43(62)26-10-9-11-30(21-26)47(50,51)52)42(61)54-19-8-6-4-2-1-3-5-7-18-53-41(60)27-12-14-32-29(20-27)25-58(46(32)65)37-16-17-38(59)56-45(37)64/h9-15,20-24,37,40H,1-8,16-19,25H2,(H,53,60)(H,54,61)(H,55,62)(H,57,63)(H,56,59,64)/t37?,40-/m1/s1. The van der Waals surface area contributed by atoms with E-state index in [-0.39, 0.29) is 75.6 Å². The number of nitrogens with zero attached hydrogens (tertiary/aromatic N) is 1. The van der Waals surface area contributed by atoms with Crippen molar-refractivity contribution in [3.05, 3.63) is 134 Å². The quantitative estimate of drug-likeness (QED) is 0.0410. The Morgan fingerprint density at radius 3 is 2.08 bits per heavy atom. The summed E-state index contributed by atoms with van der Waals surface area (Å²) >= 11 is 6.38. The molecule has 0 aromatic heterocycles. The molecule has 7 rings (SSSR count). The lowest BCUT2D eigenvalue weighted by Crippen LogP contribution is -2.52. The van der Waals surface area contributed by atoms with Gasteiger partial charge >= 0.3 is 6.18 Å². The molecule has 13 nitrogen and oxygen atoms in total. The van der Waals surface area contributed by atoms with Crippen LogP contribution in [0.3, 0.4) is 0 Å². The molecule has 4 aromatic carbocycles. The summed E-state index contributed by atoms with van der Waals surface area (Å²) in [6.45, 7) is 0.985. The molecule has 0 spiro atoms. The van der Waals surface area contributed by atoms with Crippen LogP contribution in [0.4, 0.5) is 23.2 Å². The number of carbonyl (C=O) groups is 7. The zero-order chi connectivity index (χ0) is 46.4. The van der Waals surface area contributed by atoms with Crippen molar-refractivity contribution in [2.75, 3.05) is 18.4 Å². The average Bonchev–Trinajstić information content (AvgIpc) is 3.79. The van der Waals surface area contributed by atoms with Crippen molar-refractivity contribution in [3.63, 3.8) is 0 Å². The predicted molar refractivity (Wildman–Crippen MR) is 231 cm³/mol. The molecular weight excluding hydrogens is 872 g/mol. The Labute approximate surface area is 376 Å². The minimum atomic E-state index is -4.71. The van der Waals surface area contributed by atoms with E-state index in [0.717, 1.165) is 69.2 Å². The number of imide groups is 1. The number of fused-ring (bicyclic) bond motifs is 2. The normalized spacial score (nSPS) is 16.7. The van der Waals surface area contributed by atoms with Gasteiger partial charge in [-0.15, -0.1) is 0 Å². The SMILES string of the molecule is O=C1CCC(N2Cc3cc(C(=O)NCCCCCCCCCCNC(=O)c4cc(NC(=O)c5cccc(C(F)(F)F)c5)c5c(c4)C(=O)N[C@@H]5c4cc(F)ccc4Cl)ccc3C2=O)C(=O)N1. The third kappa shape index (κ3) is 10.8. The van der Waals surface area contributed by atoms with E-state index in [9.17, 15) is 51.1 Å². The minimum Gasteiger partial charge on any atom is -0.352 e. The number of alkyl halides is 3. The average molecular weight is 917 g/mol. The fourth-order valence-electron chi connectivity index (χ4n) is 8.30. The van der Waals surface area contributed by atoms with Crippen molar-refractivity contribution in [1.82, 2.24) is 26.2 Å². The van der Waals surface area contributed by atoms with Crippen LogP contribution in [0.5, 0.6) is 0 Å². The lowest BCUT2D eigenvalue weighted by atomic mass is 9.94. The zero-order valence-corrected chi connectivity index (χ0v) is 35.7. The van der Waals surface area contributed by atoms with E-state index >= 15 is 0 Å². The fourth-order valence-corrected chi connectivity index (χ4v) is 8.53. The number of nitrogens with one attached hydrogen (secondary N) is 5. The first-order chi connectivity index (χ1) is 31.1. The van der Waals surface area contributed by atoms with Gasteiger partial charge in [-0.3, -0.25) is 38.9 Å². The highest BCUT2D eigenvalue weighted by Gasteiger charge is 2.40. The van der Waals surface area contributed by atoms with Crippen LogP contribution in [0.2, 0.25) is 5.02 Å². The number of unbranched alkanes of at least 4 members (excludes halogenated alkanes) is 7. The van der Waals surface area contributed by atoms with Gasteiger partial charge in [0.05, 0.1) is 11.6 Å². The Balaban J connectivity index is 0.844. The predicted octanol–water partition coefficient (Wildman–Crippen LogP) is 7.62. The summed E-state index contributed by atoms with van der Waals surface area (Å²) in [6, 6.07) is 13.1. The van der Waals surface area contributed by atoms with E-state index in [1.54, 1.807) is 18.2 Å². The first-order valence-electron chi connectivity index (χ1n) is 21.4. The minimum absolute atomic E-state index is 0.00381. The molecule has 2 atom stereocenters. The van der Waals surface area contributed by atoms with Gasteiger partial charge in [0, 0.05) is 75.7 Å². The van der Waals surface area contributed by atoms with Crippen LogP contribution >= 0.6 is 11.6 Å². The zero-order valence-electron chi connectivity index (χ0n) is 35.0. The lowest BCUT2D eigenvalue weighted by molar-refractivity contribution is -0.138. The van der Waals surface area contributed by atoms with Gasteiger partial charge in [-0.25, -0.2) is 4.39 Å². The van der Waals surface area contributed by atoms with Gasteiger partial charge in [-0.05, 0) is 91.6 Å². The van der Waals surface area contributed by atoms with Gasteiger partial charge < -0.3 is 26.2 Å². The highest BCUT2D eigenvalue weighted by atomic mass is 35.5. The molecule has 1 unspecified atom stereocenters. The second kappa shape index (κ2) is 20.0. The second-order valence-corrected chi connectivity index (χ2v) is 16.6. The largest absolute Gasteiger partial charge is 0.416 e. The first kappa shape index (κ1) is 46.4. The summed E-state index contributed by atoms with van der Waals surface area (Å²) in [5.41, 5.74) is 0.482. The van der Waals surface area contributed by atoms with E-state index in [1.165, 1.54) is 29.2 Å². The molecular formula is C47H45ClF4N6O7. The Morgan fingerprint density at radius 1 is 0.738 bits per heavy atom. The summed E-state index contributed by atoms with van der Waals surface area (Å²) in [5, 5.41) is 13.4. The van der Waals surface area contributed by atoms with Crippen LogP contribution in [0.15, 0.2) is 72.8 Å². The number of benzene rings is 4. The Hall–Kier alpha value is -6.62. The van der Waals surface area contributed by atoms with Crippen LogP contribution in [0.1, 0.15) is 144 Å². The molecule has 3 aliphatic heterocycles. The summed E-state index contributed by atoms with van der Waals surface area (Å²) in [5.74, 6) is -4.15. The van der Waals surface area contributed by atoms with Gasteiger partial charge in [-0.1, -0.05) is 56.2 Å². The number of halogens is 5. The number of hydrogen-bond donors (Lipinski definition) is 5. The number of carbonyl (C=O) groups excluding carboxylic acids is 7. The lowest BCUT2D eigenvalue weighted by Gasteiger charge is -2.29. The van der Waals surface area contributed by atoms with Crippen LogP contribution < -0.4 is 26.6 Å². The van der Waals surface area contributed by atoms with Crippen LogP contribution in [0.25, 0.3) is 0 Å². The van der Waals surface area contributed by atoms with E-state index in [2.05, 4.69) is 26.6 Å². The number of rotatable bonds is 17. The number of piperidine rings is 1. The number of amides is 7. The van der Waals surface area contributed by atoms with E-state index in [1.807, 2.05) is 0 Å². The molecule has 0 aliphatic carbocycles. The molecule has 0 saturated carbocycles. The maximum Gasteiger partial charge on any atom is 0.416 e. The monoisotopic (exact) mass is 916 g/mol. The van der Waals surface area contributed by atoms with Crippen molar-refractivity contribution in [2.24, 2.45) is 0 Å². The Bertz CT molecular complexity index is 2570. The van der Waals surface area contributed by atoms with Crippen LogP contribution in [0, 0.1) is 5.82 Å². The molecule has 3 heterocycles. The number of anilines is 1. The molecule has 3 aliphatic rings. The fraction of sp³-hybridized carbons (Fsp3) is 0.340. The third-order valence-corrected chi connectivity index (χ3v) is 12.0.